The van der Waals surface area contributed by atoms with Gasteiger partial charge in [0.1, 0.15) is 11.6 Å². The number of amides is 1. The van der Waals surface area contributed by atoms with Crippen LogP contribution in [0.2, 0.25) is 0 Å². The van der Waals surface area contributed by atoms with Crippen molar-refractivity contribution in [1.82, 2.24) is 10.2 Å². The van der Waals surface area contributed by atoms with Crippen LogP contribution < -0.4 is 19.5 Å². The number of carbonyl (C=O) groups is 1. The Morgan fingerprint density at radius 2 is 1.80 bits per heavy atom. The quantitative estimate of drug-likeness (QED) is 0.718. The summed E-state index contributed by atoms with van der Waals surface area (Å²) in [5.74, 6) is 1.19. The van der Waals surface area contributed by atoms with E-state index >= 15 is 0 Å². The maximum atomic E-state index is 12.0. The zero-order valence-electron chi connectivity index (χ0n) is 14.4. The Labute approximate surface area is 149 Å². The van der Waals surface area contributed by atoms with Gasteiger partial charge in [-0.05, 0) is 23.8 Å². The van der Waals surface area contributed by atoms with Gasteiger partial charge in [-0.2, -0.15) is 0 Å². The summed E-state index contributed by atoms with van der Waals surface area (Å²) in [5.41, 5.74) is 0.724. The number of anilines is 1. The Morgan fingerprint density at radius 1 is 1.12 bits per heavy atom. The Kier molecular flexibility index (Phi) is 6.72. The zero-order chi connectivity index (χ0) is 18.2. The molecule has 1 aromatic heterocycles. The minimum atomic E-state index is -0.325. The standard InChI is InChI=1S/C16H19N3O5S/c1-21-9-14-18-19-16(25-14)17-13(20)6-5-10-7-11(22-2)15(24-4)12(8-10)23-3/h5-8H,9H2,1-4H3,(H,17,19,20). The third-order valence-corrected chi connectivity index (χ3v) is 3.89. The number of rotatable bonds is 8. The summed E-state index contributed by atoms with van der Waals surface area (Å²) in [5, 5.41) is 11.5. The Morgan fingerprint density at radius 3 is 2.36 bits per heavy atom. The fraction of sp³-hybridized carbons (Fsp3) is 0.312. The van der Waals surface area contributed by atoms with Gasteiger partial charge in [0.15, 0.2) is 11.5 Å². The molecule has 1 aromatic carbocycles. The van der Waals surface area contributed by atoms with E-state index in [9.17, 15) is 4.79 Å². The number of nitrogens with zero attached hydrogens (tertiary/aromatic N) is 2. The normalized spacial score (nSPS) is 10.7. The van der Waals surface area contributed by atoms with E-state index < -0.39 is 0 Å². The molecule has 1 N–H and O–H groups in total. The van der Waals surface area contributed by atoms with Crippen molar-refractivity contribution in [3.05, 3.63) is 28.8 Å². The van der Waals surface area contributed by atoms with Crippen LogP contribution in [0.5, 0.6) is 17.2 Å². The molecule has 1 amide bonds. The van der Waals surface area contributed by atoms with E-state index in [-0.39, 0.29) is 5.91 Å². The van der Waals surface area contributed by atoms with Gasteiger partial charge in [-0.1, -0.05) is 11.3 Å². The van der Waals surface area contributed by atoms with E-state index in [1.165, 1.54) is 38.7 Å². The van der Waals surface area contributed by atoms with Gasteiger partial charge in [0.25, 0.3) is 0 Å². The molecular formula is C16H19N3O5S. The summed E-state index contributed by atoms with van der Waals surface area (Å²) < 4.78 is 20.8. The predicted molar refractivity (Wildman–Crippen MR) is 94.4 cm³/mol. The lowest BCUT2D eigenvalue weighted by molar-refractivity contribution is -0.111. The molecule has 0 saturated carbocycles. The van der Waals surface area contributed by atoms with Crippen molar-refractivity contribution in [3.8, 4) is 17.2 Å². The Bertz CT molecular complexity index is 735. The molecule has 8 nitrogen and oxygen atoms in total. The molecule has 134 valence electrons. The molecule has 25 heavy (non-hydrogen) atoms. The molecule has 0 fully saturated rings. The van der Waals surface area contributed by atoms with Crippen LogP contribution in [0.1, 0.15) is 10.6 Å². The number of hydrogen-bond donors (Lipinski definition) is 1. The highest BCUT2D eigenvalue weighted by molar-refractivity contribution is 7.15. The summed E-state index contributed by atoms with van der Waals surface area (Å²) in [7, 11) is 6.16. The van der Waals surface area contributed by atoms with Crippen LogP contribution in [0.15, 0.2) is 18.2 Å². The molecule has 0 radical (unpaired) electrons. The number of ether oxygens (including phenoxy) is 4. The van der Waals surface area contributed by atoms with Crippen LogP contribution in [0.4, 0.5) is 5.13 Å². The first-order valence-corrected chi connectivity index (χ1v) is 8.03. The third kappa shape index (κ3) is 4.91. The van der Waals surface area contributed by atoms with E-state index in [0.29, 0.717) is 34.0 Å². The number of methoxy groups -OCH3 is 4. The van der Waals surface area contributed by atoms with Gasteiger partial charge in [-0.25, -0.2) is 0 Å². The van der Waals surface area contributed by atoms with Gasteiger partial charge in [-0.3, -0.25) is 10.1 Å². The second kappa shape index (κ2) is 9.00. The zero-order valence-corrected chi connectivity index (χ0v) is 15.2. The number of benzene rings is 1. The lowest BCUT2D eigenvalue weighted by Gasteiger charge is -2.12. The van der Waals surface area contributed by atoms with Crippen LogP contribution in [0.25, 0.3) is 6.08 Å². The minimum Gasteiger partial charge on any atom is -0.493 e. The first-order chi connectivity index (χ1) is 12.1. The van der Waals surface area contributed by atoms with Gasteiger partial charge in [-0.15, -0.1) is 10.2 Å². The number of hydrogen-bond acceptors (Lipinski definition) is 8. The van der Waals surface area contributed by atoms with Crippen molar-refractivity contribution in [2.45, 2.75) is 6.61 Å². The highest BCUT2D eigenvalue weighted by Crippen LogP contribution is 2.38. The van der Waals surface area contributed by atoms with E-state index in [4.69, 9.17) is 18.9 Å². The lowest BCUT2D eigenvalue weighted by Crippen LogP contribution is -2.07. The molecule has 2 aromatic rings. The monoisotopic (exact) mass is 365 g/mol. The molecular weight excluding hydrogens is 346 g/mol. The highest BCUT2D eigenvalue weighted by Gasteiger charge is 2.12. The van der Waals surface area contributed by atoms with Crippen LogP contribution in [0, 0.1) is 0 Å². The number of nitrogens with one attached hydrogen (secondary N) is 1. The maximum absolute atomic E-state index is 12.0. The first kappa shape index (κ1) is 18.7. The van der Waals surface area contributed by atoms with Crippen LogP contribution in [-0.4, -0.2) is 44.5 Å². The Hall–Kier alpha value is -2.65. The number of carbonyl (C=O) groups excluding carboxylic acids is 1. The largest absolute Gasteiger partial charge is 0.493 e. The topological polar surface area (TPSA) is 91.8 Å². The molecule has 2 rings (SSSR count). The second-order valence-electron chi connectivity index (χ2n) is 4.72. The summed E-state index contributed by atoms with van der Waals surface area (Å²) in [4.78, 5) is 12.0. The summed E-state index contributed by atoms with van der Waals surface area (Å²) in [6.07, 6.45) is 3.02. The molecule has 1 heterocycles. The van der Waals surface area contributed by atoms with Crippen molar-refractivity contribution >= 4 is 28.5 Å². The van der Waals surface area contributed by atoms with Crippen molar-refractivity contribution in [2.75, 3.05) is 33.8 Å². The Balaban J connectivity index is 2.10. The molecule has 9 heteroatoms. The van der Waals surface area contributed by atoms with Gasteiger partial charge >= 0.3 is 0 Å². The van der Waals surface area contributed by atoms with E-state index in [2.05, 4.69) is 15.5 Å². The maximum Gasteiger partial charge on any atom is 0.250 e. The second-order valence-corrected chi connectivity index (χ2v) is 5.78. The van der Waals surface area contributed by atoms with Gasteiger partial charge < -0.3 is 18.9 Å². The summed E-state index contributed by atoms with van der Waals surface area (Å²) in [6.45, 7) is 0.356. The molecule has 0 atom stereocenters. The van der Waals surface area contributed by atoms with Crippen molar-refractivity contribution in [2.24, 2.45) is 0 Å². The summed E-state index contributed by atoms with van der Waals surface area (Å²) >= 11 is 1.25. The fourth-order valence-corrected chi connectivity index (χ4v) is 2.72. The molecule has 0 aliphatic rings. The first-order valence-electron chi connectivity index (χ1n) is 7.21. The molecule has 0 unspecified atom stereocenters. The highest BCUT2D eigenvalue weighted by atomic mass is 32.1. The SMILES string of the molecule is COCc1nnc(NC(=O)C=Cc2cc(OC)c(OC)c(OC)c2)s1. The number of aromatic nitrogens is 2. The third-order valence-electron chi connectivity index (χ3n) is 3.08. The molecule has 0 bridgehead atoms. The van der Waals surface area contributed by atoms with Crippen LogP contribution in [-0.2, 0) is 16.1 Å². The van der Waals surface area contributed by atoms with E-state index in [1.807, 2.05) is 0 Å². The molecule has 0 spiro atoms. The van der Waals surface area contributed by atoms with Crippen LogP contribution >= 0.6 is 11.3 Å². The minimum absolute atomic E-state index is 0.325. The molecule has 0 aliphatic heterocycles. The van der Waals surface area contributed by atoms with E-state index in [1.54, 1.807) is 25.3 Å². The lowest BCUT2D eigenvalue weighted by atomic mass is 10.1. The fourth-order valence-electron chi connectivity index (χ4n) is 2.00. The van der Waals surface area contributed by atoms with Crippen molar-refractivity contribution in [3.63, 3.8) is 0 Å². The average molecular weight is 365 g/mol. The summed E-state index contributed by atoms with van der Waals surface area (Å²) in [6, 6.07) is 3.49. The van der Waals surface area contributed by atoms with Gasteiger partial charge in [0.05, 0.1) is 21.3 Å². The van der Waals surface area contributed by atoms with Crippen molar-refractivity contribution < 1.29 is 23.7 Å². The van der Waals surface area contributed by atoms with Crippen molar-refractivity contribution in [1.29, 1.82) is 0 Å². The smallest absolute Gasteiger partial charge is 0.250 e. The van der Waals surface area contributed by atoms with Gasteiger partial charge in [0.2, 0.25) is 16.8 Å². The van der Waals surface area contributed by atoms with Crippen LogP contribution in [0.3, 0.4) is 0 Å². The van der Waals surface area contributed by atoms with E-state index in [0.717, 1.165) is 5.56 Å². The predicted octanol–water partition coefficient (Wildman–Crippen LogP) is 2.36. The van der Waals surface area contributed by atoms with Gasteiger partial charge in [0, 0.05) is 13.2 Å². The molecule has 0 saturated heterocycles. The average Bonchev–Trinajstić information content (AvgIpc) is 3.06. The molecule has 0 aliphatic carbocycles.